The third-order valence-corrected chi connectivity index (χ3v) is 8.17. The zero-order valence-electron chi connectivity index (χ0n) is 18.4. The van der Waals surface area contributed by atoms with Crippen molar-refractivity contribution in [2.45, 2.75) is 68.7 Å². The first-order valence-electron chi connectivity index (χ1n) is 11.9. The quantitative estimate of drug-likeness (QED) is 0.561. The average molecular weight is 415 g/mol. The monoisotopic (exact) mass is 414 g/mol. The molecule has 4 unspecified atom stereocenters. The van der Waals surface area contributed by atoms with Crippen LogP contribution in [0.2, 0.25) is 0 Å². The zero-order valence-corrected chi connectivity index (χ0v) is 18.4. The lowest BCUT2D eigenvalue weighted by Crippen LogP contribution is -2.45. The van der Waals surface area contributed by atoms with Crippen molar-refractivity contribution in [3.63, 3.8) is 0 Å². The van der Waals surface area contributed by atoms with E-state index in [0.29, 0.717) is 5.92 Å². The largest absolute Gasteiger partial charge is 0.385 e. The third-order valence-electron chi connectivity index (χ3n) is 8.17. The zero-order chi connectivity index (χ0) is 21.5. The Labute approximate surface area is 186 Å². The number of hydrogen-bond acceptors (Lipinski definition) is 2. The molecule has 1 N–H and O–H groups in total. The molecule has 0 amide bonds. The smallest absolute Gasteiger partial charge is 0.0952 e. The molecule has 3 fully saturated rings. The van der Waals surface area contributed by atoms with Crippen molar-refractivity contribution in [3.05, 3.63) is 83.9 Å². The molecule has 2 bridgehead atoms. The molecule has 3 aliphatic carbocycles. The first-order chi connectivity index (χ1) is 15.1. The van der Waals surface area contributed by atoms with Crippen LogP contribution in [0.1, 0.15) is 73.6 Å². The molecule has 0 heterocycles. The fourth-order valence-electron chi connectivity index (χ4n) is 6.54. The molecule has 2 aromatic carbocycles. The highest BCUT2D eigenvalue weighted by Crippen LogP contribution is 2.58. The standard InChI is InChI=1S/C29H34O2/c1-3-21-8-12-24(13-9-21)28(16-6-5-7-17-28)31-27-19-23-18-26(27)29(30,20-23)25-14-10-22(4-2)11-15-25/h3-4,8-15,23,26-27,30H,1-2,5-7,16-20H2. The maximum absolute atomic E-state index is 11.8. The van der Waals surface area contributed by atoms with Crippen LogP contribution in [-0.2, 0) is 15.9 Å². The molecule has 2 nitrogen and oxygen atoms in total. The van der Waals surface area contributed by atoms with Crippen LogP contribution in [0.25, 0.3) is 12.2 Å². The molecule has 0 aromatic heterocycles. The summed E-state index contributed by atoms with van der Waals surface area (Å²) in [5.41, 5.74) is 3.56. The van der Waals surface area contributed by atoms with Gasteiger partial charge in [-0.25, -0.2) is 0 Å². The topological polar surface area (TPSA) is 29.5 Å². The maximum Gasteiger partial charge on any atom is 0.0952 e. The number of fused-ring (bicyclic) bond motifs is 2. The third kappa shape index (κ3) is 3.60. The van der Waals surface area contributed by atoms with Crippen molar-refractivity contribution in [2.75, 3.05) is 0 Å². The van der Waals surface area contributed by atoms with Crippen LogP contribution in [0.3, 0.4) is 0 Å². The number of ether oxygens (including phenoxy) is 1. The minimum absolute atomic E-state index is 0.111. The van der Waals surface area contributed by atoms with E-state index < -0.39 is 5.60 Å². The van der Waals surface area contributed by atoms with Gasteiger partial charge in [-0.2, -0.15) is 0 Å². The Hall–Kier alpha value is -2.16. The summed E-state index contributed by atoms with van der Waals surface area (Å²) in [7, 11) is 0. The summed E-state index contributed by atoms with van der Waals surface area (Å²) in [5.74, 6) is 0.709. The predicted molar refractivity (Wildman–Crippen MR) is 127 cm³/mol. The van der Waals surface area contributed by atoms with Crippen LogP contribution in [0.15, 0.2) is 61.7 Å². The van der Waals surface area contributed by atoms with E-state index in [4.69, 9.17) is 4.74 Å². The van der Waals surface area contributed by atoms with Crippen molar-refractivity contribution in [3.8, 4) is 0 Å². The molecule has 3 aliphatic rings. The Morgan fingerprint density at radius 3 is 1.94 bits per heavy atom. The second-order valence-corrected chi connectivity index (χ2v) is 9.94. The van der Waals surface area contributed by atoms with E-state index in [1.54, 1.807) is 0 Å². The first-order valence-corrected chi connectivity index (χ1v) is 11.9. The van der Waals surface area contributed by atoms with Gasteiger partial charge < -0.3 is 9.84 Å². The second-order valence-electron chi connectivity index (χ2n) is 9.94. The molecular weight excluding hydrogens is 380 g/mol. The minimum Gasteiger partial charge on any atom is -0.385 e. The summed E-state index contributed by atoms with van der Waals surface area (Å²) in [5, 5.41) is 11.8. The van der Waals surface area contributed by atoms with Gasteiger partial charge in [-0.3, -0.25) is 0 Å². The van der Waals surface area contributed by atoms with E-state index in [9.17, 15) is 5.11 Å². The minimum atomic E-state index is -0.782. The number of rotatable bonds is 6. The normalized spacial score (nSPS) is 31.5. The Morgan fingerprint density at radius 1 is 0.806 bits per heavy atom. The molecule has 4 atom stereocenters. The number of aliphatic hydroxyl groups is 1. The van der Waals surface area contributed by atoms with Crippen LogP contribution >= 0.6 is 0 Å². The van der Waals surface area contributed by atoms with Gasteiger partial charge in [0.05, 0.1) is 17.3 Å². The van der Waals surface area contributed by atoms with Crippen molar-refractivity contribution >= 4 is 12.2 Å². The van der Waals surface area contributed by atoms with Gasteiger partial charge >= 0.3 is 0 Å². The molecule has 0 saturated heterocycles. The number of hydrogen-bond donors (Lipinski definition) is 1. The van der Waals surface area contributed by atoms with Gasteiger partial charge in [-0.1, -0.05) is 93.1 Å². The second kappa shape index (κ2) is 8.07. The summed E-state index contributed by atoms with van der Waals surface area (Å²) < 4.78 is 7.09. The summed E-state index contributed by atoms with van der Waals surface area (Å²) in [6.45, 7) is 7.74. The van der Waals surface area contributed by atoms with Gasteiger partial charge in [0.25, 0.3) is 0 Å². The van der Waals surface area contributed by atoms with Crippen LogP contribution < -0.4 is 0 Å². The van der Waals surface area contributed by atoms with Gasteiger partial charge in [0.1, 0.15) is 0 Å². The predicted octanol–water partition coefficient (Wildman–Crippen LogP) is 6.83. The summed E-state index contributed by atoms with van der Waals surface area (Å²) in [4.78, 5) is 0. The molecule has 0 radical (unpaired) electrons. The molecule has 0 spiro atoms. The van der Waals surface area contributed by atoms with E-state index in [1.165, 1.54) is 24.8 Å². The van der Waals surface area contributed by atoms with E-state index >= 15 is 0 Å². The van der Waals surface area contributed by atoms with E-state index in [2.05, 4.69) is 61.7 Å². The molecule has 5 rings (SSSR count). The molecule has 31 heavy (non-hydrogen) atoms. The Kier molecular flexibility index (Phi) is 5.40. The lowest BCUT2D eigenvalue weighted by molar-refractivity contribution is -0.172. The maximum atomic E-state index is 11.8. The van der Waals surface area contributed by atoms with Crippen LogP contribution in [0, 0.1) is 11.8 Å². The van der Waals surface area contributed by atoms with Gasteiger partial charge in [0.2, 0.25) is 0 Å². The van der Waals surface area contributed by atoms with Gasteiger partial charge in [0, 0.05) is 5.92 Å². The highest BCUT2D eigenvalue weighted by atomic mass is 16.5. The van der Waals surface area contributed by atoms with Crippen LogP contribution in [0.5, 0.6) is 0 Å². The molecule has 3 saturated carbocycles. The highest BCUT2D eigenvalue weighted by Gasteiger charge is 2.57. The summed E-state index contributed by atoms with van der Waals surface area (Å²) >= 11 is 0. The van der Waals surface area contributed by atoms with Crippen molar-refractivity contribution < 1.29 is 9.84 Å². The molecule has 2 aromatic rings. The summed E-state index contributed by atoms with van der Waals surface area (Å²) in [6.07, 6.45) is 12.7. The van der Waals surface area contributed by atoms with Gasteiger partial charge in [0.15, 0.2) is 0 Å². The highest BCUT2D eigenvalue weighted by molar-refractivity contribution is 5.49. The van der Waals surface area contributed by atoms with E-state index in [0.717, 1.165) is 48.8 Å². The first kappa shape index (κ1) is 20.7. The van der Waals surface area contributed by atoms with Crippen molar-refractivity contribution in [2.24, 2.45) is 11.8 Å². The lowest BCUT2D eigenvalue weighted by Gasteiger charge is -2.45. The summed E-state index contributed by atoms with van der Waals surface area (Å²) in [6, 6.07) is 17.1. The molecular formula is C29H34O2. The van der Waals surface area contributed by atoms with Crippen LogP contribution in [-0.4, -0.2) is 11.2 Å². The van der Waals surface area contributed by atoms with Gasteiger partial charge in [-0.05, 0) is 60.3 Å². The Morgan fingerprint density at radius 2 is 1.39 bits per heavy atom. The molecule has 2 heteroatoms. The van der Waals surface area contributed by atoms with Crippen molar-refractivity contribution in [1.29, 1.82) is 0 Å². The fraction of sp³-hybridized carbons (Fsp3) is 0.448. The lowest BCUT2D eigenvalue weighted by atomic mass is 9.75. The van der Waals surface area contributed by atoms with Crippen LogP contribution in [0.4, 0.5) is 0 Å². The fourth-order valence-corrected chi connectivity index (χ4v) is 6.54. The van der Waals surface area contributed by atoms with E-state index in [1.807, 2.05) is 12.2 Å². The molecule has 0 aliphatic heterocycles. The Balaban J connectivity index is 1.43. The SMILES string of the molecule is C=Cc1ccc(C2(OC3CC4CC3C(O)(c3ccc(C=C)cc3)C4)CCCCC2)cc1. The number of benzene rings is 2. The Bertz CT molecular complexity index is 936. The average Bonchev–Trinajstić information content (AvgIpc) is 3.37. The van der Waals surface area contributed by atoms with E-state index in [-0.39, 0.29) is 17.6 Å². The molecule has 162 valence electrons. The van der Waals surface area contributed by atoms with Gasteiger partial charge in [-0.15, -0.1) is 0 Å². The van der Waals surface area contributed by atoms with Crippen molar-refractivity contribution in [1.82, 2.24) is 0 Å².